The van der Waals surface area contributed by atoms with Crippen molar-refractivity contribution in [1.29, 1.82) is 0 Å². The second-order valence-corrected chi connectivity index (χ2v) is 8.73. The van der Waals surface area contributed by atoms with E-state index in [-0.39, 0.29) is 11.8 Å². The number of carbonyl (C=O) groups excluding carboxylic acids is 2. The minimum absolute atomic E-state index is 0.168. The van der Waals surface area contributed by atoms with Gasteiger partial charge in [0.05, 0.1) is 10.6 Å². The third-order valence-electron chi connectivity index (χ3n) is 6.07. The summed E-state index contributed by atoms with van der Waals surface area (Å²) in [7, 11) is 0. The molecule has 1 aliphatic rings. The molecule has 1 heterocycles. The maximum atomic E-state index is 13.4. The second-order valence-electron chi connectivity index (χ2n) is 8.32. The highest BCUT2D eigenvalue weighted by Gasteiger charge is 2.24. The Labute approximate surface area is 209 Å². The van der Waals surface area contributed by atoms with Crippen LogP contribution in [0.15, 0.2) is 97.1 Å². The molecule has 0 aliphatic carbocycles. The molecular weight excluding hydrogens is 458 g/mol. The quantitative estimate of drug-likeness (QED) is 0.375. The number of carbonyl (C=O) groups is 2. The maximum absolute atomic E-state index is 13.4. The highest BCUT2D eigenvalue weighted by atomic mass is 35.5. The average molecular weight is 482 g/mol. The molecule has 2 amide bonds. The number of rotatable bonds is 4. The van der Waals surface area contributed by atoms with Crippen LogP contribution < -0.4 is 15.5 Å². The van der Waals surface area contributed by atoms with E-state index in [0.29, 0.717) is 41.5 Å². The average Bonchev–Trinajstić information content (AvgIpc) is 3.11. The molecule has 1 aliphatic heterocycles. The van der Waals surface area contributed by atoms with Gasteiger partial charge in [0, 0.05) is 36.6 Å². The number of hydrogen-bond acceptors (Lipinski definition) is 3. The first-order chi connectivity index (χ1) is 17.1. The molecule has 0 aromatic heterocycles. The van der Waals surface area contributed by atoms with E-state index in [1.807, 2.05) is 72.8 Å². The van der Waals surface area contributed by atoms with E-state index < -0.39 is 0 Å². The molecule has 0 unspecified atom stereocenters. The van der Waals surface area contributed by atoms with E-state index in [1.54, 1.807) is 29.2 Å². The molecule has 0 saturated heterocycles. The van der Waals surface area contributed by atoms with Gasteiger partial charge < -0.3 is 15.5 Å². The second kappa shape index (κ2) is 10.1. The molecule has 174 valence electrons. The summed E-state index contributed by atoms with van der Waals surface area (Å²) >= 11 is 6.55. The van der Waals surface area contributed by atoms with Crippen molar-refractivity contribution in [3.63, 3.8) is 0 Å². The first-order valence-electron chi connectivity index (χ1n) is 11.5. The topological polar surface area (TPSA) is 61.4 Å². The minimum Gasteiger partial charge on any atom is -0.322 e. The summed E-state index contributed by atoms with van der Waals surface area (Å²) in [6, 6.07) is 30.1. The SMILES string of the molecule is O=C(Nc1ccc(C(=O)N2CCNCc3ccccc32)c(Cl)c1)c1ccccc1-c1ccccc1. The van der Waals surface area contributed by atoms with Gasteiger partial charge in [-0.05, 0) is 47.0 Å². The Kier molecular flexibility index (Phi) is 6.62. The number of hydrogen-bond donors (Lipinski definition) is 2. The van der Waals surface area contributed by atoms with E-state index in [1.165, 1.54) is 0 Å². The summed E-state index contributed by atoms with van der Waals surface area (Å²) < 4.78 is 0. The lowest BCUT2D eigenvalue weighted by Gasteiger charge is -2.23. The van der Waals surface area contributed by atoms with Gasteiger partial charge in [-0.2, -0.15) is 0 Å². The Morgan fingerprint density at radius 1 is 0.829 bits per heavy atom. The van der Waals surface area contributed by atoms with E-state index in [2.05, 4.69) is 10.6 Å². The van der Waals surface area contributed by atoms with Gasteiger partial charge in [0.15, 0.2) is 0 Å². The lowest BCUT2D eigenvalue weighted by molar-refractivity contribution is 0.0986. The monoisotopic (exact) mass is 481 g/mol. The normalized spacial score (nSPS) is 13.0. The van der Waals surface area contributed by atoms with Crippen LogP contribution in [0.1, 0.15) is 26.3 Å². The van der Waals surface area contributed by atoms with E-state index >= 15 is 0 Å². The molecule has 4 aromatic rings. The molecule has 5 rings (SSSR count). The van der Waals surface area contributed by atoms with Gasteiger partial charge in [0.25, 0.3) is 11.8 Å². The third kappa shape index (κ3) is 4.83. The van der Waals surface area contributed by atoms with Crippen molar-refractivity contribution in [2.24, 2.45) is 0 Å². The lowest BCUT2D eigenvalue weighted by Crippen LogP contribution is -2.34. The Hall–Kier alpha value is -3.93. The Morgan fingerprint density at radius 2 is 1.57 bits per heavy atom. The Bertz CT molecular complexity index is 1390. The van der Waals surface area contributed by atoms with Crippen molar-refractivity contribution in [3.8, 4) is 11.1 Å². The molecule has 0 fully saturated rings. The number of anilines is 2. The molecule has 0 saturated carbocycles. The molecule has 0 atom stereocenters. The van der Waals surface area contributed by atoms with Gasteiger partial charge in [-0.3, -0.25) is 9.59 Å². The van der Waals surface area contributed by atoms with Crippen molar-refractivity contribution in [1.82, 2.24) is 5.32 Å². The van der Waals surface area contributed by atoms with Crippen LogP contribution in [0.5, 0.6) is 0 Å². The van der Waals surface area contributed by atoms with Crippen LogP contribution in [0.2, 0.25) is 5.02 Å². The first kappa shape index (κ1) is 22.8. The highest BCUT2D eigenvalue weighted by molar-refractivity contribution is 6.35. The number of halogens is 1. The zero-order valence-electron chi connectivity index (χ0n) is 19.0. The molecule has 0 bridgehead atoms. The molecule has 5 nitrogen and oxygen atoms in total. The fourth-order valence-electron chi connectivity index (χ4n) is 4.33. The summed E-state index contributed by atoms with van der Waals surface area (Å²) in [5.74, 6) is -0.412. The predicted molar refractivity (Wildman–Crippen MR) is 141 cm³/mol. The predicted octanol–water partition coefficient (Wildman–Crippen LogP) is 6.01. The fraction of sp³-hybridized carbons (Fsp3) is 0.103. The number of benzene rings is 4. The first-order valence-corrected chi connectivity index (χ1v) is 11.9. The summed E-state index contributed by atoms with van der Waals surface area (Å²) in [6.45, 7) is 1.94. The molecule has 2 N–H and O–H groups in total. The molecular formula is C29H24ClN3O2. The number of para-hydroxylation sites is 1. The molecule has 35 heavy (non-hydrogen) atoms. The molecule has 0 radical (unpaired) electrons. The summed E-state index contributed by atoms with van der Waals surface area (Å²) in [5, 5.41) is 6.56. The van der Waals surface area contributed by atoms with Crippen molar-refractivity contribution in [2.75, 3.05) is 23.3 Å². The fourth-order valence-corrected chi connectivity index (χ4v) is 4.59. The zero-order valence-corrected chi connectivity index (χ0v) is 19.8. The van der Waals surface area contributed by atoms with Crippen LogP contribution in [-0.4, -0.2) is 24.9 Å². The maximum Gasteiger partial charge on any atom is 0.259 e. The lowest BCUT2D eigenvalue weighted by atomic mass is 9.99. The molecule has 0 spiro atoms. The van der Waals surface area contributed by atoms with Crippen LogP contribution in [0.25, 0.3) is 11.1 Å². The number of fused-ring (bicyclic) bond motifs is 1. The van der Waals surface area contributed by atoms with Crippen molar-refractivity contribution in [2.45, 2.75) is 6.54 Å². The number of amides is 2. The van der Waals surface area contributed by atoms with E-state index in [4.69, 9.17) is 11.6 Å². The van der Waals surface area contributed by atoms with Crippen LogP contribution in [0, 0.1) is 0 Å². The highest BCUT2D eigenvalue weighted by Crippen LogP contribution is 2.29. The van der Waals surface area contributed by atoms with Crippen LogP contribution in [-0.2, 0) is 6.54 Å². The van der Waals surface area contributed by atoms with Gasteiger partial charge >= 0.3 is 0 Å². The zero-order chi connectivity index (χ0) is 24.2. The van der Waals surface area contributed by atoms with E-state index in [9.17, 15) is 9.59 Å². The van der Waals surface area contributed by atoms with Crippen molar-refractivity contribution < 1.29 is 9.59 Å². The molecule has 6 heteroatoms. The van der Waals surface area contributed by atoms with Crippen LogP contribution >= 0.6 is 11.6 Å². The van der Waals surface area contributed by atoms with Gasteiger partial charge in [-0.15, -0.1) is 0 Å². The van der Waals surface area contributed by atoms with Gasteiger partial charge in [-0.1, -0.05) is 78.3 Å². The van der Waals surface area contributed by atoms with Crippen molar-refractivity contribution >= 4 is 34.8 Å². The summed E-state index contributed by atoms with van der Waals surface area (Å²) in [5.41, 5.74) is 5.23. The van der Waals surface area contributed by atoms with Gasteiger partial charge in [0.1, 0.15) is 0 Å². The molecule has 4 aromatic carbocycles. The summed E-state index contributed by atoms with van der Waals surface area (Å²) in [4.78, 5) is 28.3. The van der Waals surface area contributed by atoms with E-state index in [0.717, 1.165) is 22.4 Å². The van der Waals surface area contributed by atoms with Crippen LogP contribution in [0.3, 0.4) is 0 Å². The largest absolute Gasteiger partial charge is 0.322 e. The van der Waals surface area contributed by atoms with Gasteiger partial charge in [-0.25, -0.2) is 0 Å². The minimum atomic E-state index is -0.243. The van der Waals surface area contributed by atoms with Gasteiger partial charge in [0.2, 0.25) is 0 Å². The number of nitrogens with one attached hydrogen (secondary N) is 2. The summed E-state index contributed by atoms with van der Waals surface area (Å²) in [6.07, 6.45) is 0. The smallest absolute Gasteiger partial charge is 0.259 e. The number of nitrogens with zero attached hydrogens (tertiary/aromatic N) is 1. The van der Waals surface area contributed by atoms with Crippen LogP contribution in [0.4, 0.5) is 11.4 Å². The Morgan fingerprint density at radius 3 is 2.40 bits per heavy atom. The van der Waals surface area contributed by atoms with Crippen molar-refractivity contribution in [3.05, 3.63) is 119 Å². The third-order valence-corrected chi connectivity index (χ3v) is 6.38. The Balaban J connectivity index is 1.38. The standard InChI is InChI=1S/C29H24ClN3O2/c30-26-18-22(32-28(34)24-12-6-5-11-23(24)20-8-2-1-3-9-20)14-15-25(26)29(35)33-17-16-31-19-21-10-4-7-13-27(21)33/h1-15,18,31H,16-17,19H2,(H,32,34).